The first-order valence-corrected chi connectivity index (χ1v) is 19.4. The summed E-state index contributed by atoms with van der Waals surface area (Å²) < 4.78 is 0. The van der Waals surface area contributed by atoms with Crippen molar-refractivity contribution in [3.8, 4) is 11.1 Å². The number of nitrogens with zero attached hydrogens (tertiary/aromatic N) is 2. The lowest BCUT2D eigenvalue weighted by molar-refractivity contribution is 0.690. The second kappa shape index (κ2) is 12.7. The van der Waals surface area contributed by atoms with Crippen molar-refractivity contribution in [2.45, 2.75) is 51.4 Å². The Morgan fingerprint density at radius 3 is 2.08 bits per heavy atom. The fourth-order valence-electron chi connectivity index (χ4n) is 9.73. The molecule has 5 aliphatic carbocycles. The first-order chi connectivity index (χ1) is 26.1. The van der Waals surface area contributed by atoms with Crippen molar-refractivity contribution >= 4 is 28.3 Å². The Kier molecular flexibility index (Phi) is 7.61. The van der Waals surface area contributed by atoms with E-state index in [1.54, 1.807) is 0 Å². The van der Waals surface area contributed by atoms with Crippen LogP contribution in [0.4, 0.5) is 22.7 Å². The monoisotopic (exact) mass is 684 g/mol. The maximum Gasteiger partial charge on any atom is 0.0690 e. The number of aryl methyl sites for hydroxylation is 1. The average molecular weight is 685 g/mol. The summed E-state index contributed by atoms with van der Waals surface area (Å²) >= 11 is 0. The number of benzene rings is 5. The highest BCUT2D eigenvalue weighted by Crippen LogP contribution is 2.64. The third-order valence-corrected chi connectivity index (χ3v) is 11.9. The highest BCUT2D eigenvalue weighted by Gasteiger charge is 2.53. The summed E-state index contributed by atoms with van der Waals surface area (Å²) in [5, 5.41) is 0. The summed E-state index contributed by atoms with van der Waals surface area (Å²) in [6.07, 6.45) is 24.1. The van der Waals surface area contributed by atoms with Gasteiger partial charge in [-0.05, 0) is 156 Å². The first-order valence-electron chi connectivity index (χ1n) is 19.4. The molecule has 0 bridgehead atoms. The third kappa shape index (κ3) is 5.00. The smallest absolute Gasteiger partial charge is 0.0690 e. The van der Waals surface area contributed by atoms with Gasteiger partial charge in [-0.3, -0.25) is 0 Å². The molecule has 0 N–H and O–H groups in total. The summed E-state index contributed by atoms with van der Waals surface area (Å²) in [4.78, 5) is 4.98. The van der Waals surface area contributed by atoms with E-state index in [1.807, 2.05) is 0 Å². The van der Waals surface area contributed by atoms with E-state index in [2.05, 4.69) is 188 Å². The number of anilines is 4. The van der Waals surface area contributed by atoms with E-state index in [1.165, 1.54) is 78.5 Å². The Hall–Kier alpha value is -5.86. The van der Waals surface area contributed by atoms with Gasteiger partial charge in [-0.2, -0.15) is 0 Å². The van der Waals surface area contributed by atoms with Crippen LogP contribution >= 0.6 is 0 Å². The lowest BCUT2D eigenvalue weighted by Crippen LogP contribution is -2.29. The Balaban J connectivity index is 1.24. The quantitative estimate of drug-likeness (QED) is 0.176. The van der Waals surface area contributed by atoms with E-state index < -0.39 is 0 Å². The molecule has 2 atom stereocenters. The van der Waals surface area contributed by atoms with Gasteiger partial charge in [0.2, 0.25) is 0 Å². The van der Waals surface area contributed by atoms with Gasteiger partial charge in [-0.1, -0.05) is 110 Å². The fraction of sp³-hybridized carbons (Fsp3) is 0.176. The molecule has 5 aliphatic rings. The lowest BCUT2D eigenvalue weighted by Gasteiger charge is -2.36. The zero-order chi connectivity index (χ0) is 35.5. The fourth-order valence-corrected chi connectivity index (χ4v) is 9.73. The van der Waals surface area contributed by atoms with Crippen LogP contribution in [0.2, 0.25) is 0 Å². The minimum absolute atomic E-state index is 0.390. The third-order valence-electron chi connectivity index (χ3n) is 11.9. The maximum atomic E-state index is 2.56. The highest BCUT2D eigenvalue weighted by atomic mass is 15.2. The van der Waals surface area contributed by atoms with E-state index in [0.29, 0.717) is 5.92 Å². The van der Waals surface area contributed by atoms with Gasteiger partial charge in [-0.25, -0.2) is 0 Å². The Labute approximate surface area is 314 Å². The molecule has 0 radical (unpaired) electrons. The lowest BCUT2D eigenvalue weighted by atomic mass is 9.68. The van der Waals surface area contributed by atoms with Crippen molar-refractivity contribution in [3.05, 3.63) is 209 Å². The molecule has 5 aromatic rings. The molecule has 258 valence electrons. The predicted molar refractivity (Wildman–Crippen MR) is 223 cm³/mol. The molecule has 0 amide bonds. The molecule has 0 saturated heterocycles. The van der Waals surface area contributed by atoms with Gasteiger partial charge >= 0.3 is 0 Å². The zero-order valence-corrected chi connectivity index (χ0v) is 30.6. The standard InChI is InChI=1S/C51H44N2/c1-35-15-13-21-39(31-35)52(37-17-5-3-6-18-37)41-27-29-45-46-30-28-42(53(38-19-7-4-8-20-38)40-22-14-16-36(2)32-40)34-50(46)51(49(45)33-41)47-25-11-9-23-43(47)44-24-10-12-26-48(44)51/h3,5-7,9-11,13-25,27-31,33-34,36H,4,8,12,26,32H2,1-2H3. The van der Waals surface area contributed by atoms with Crippen molar-refractivity contribution < 1.29 is 0 Å². The van der Waals surface area contributed by atoms with Crippen LogP contribution in [0.1, 0.15) is 66.8 Å². The molecule has 5 aromatic carbocycles. The minimum atomic E-state index is -0.390. The molecule has 0 fully saturated rings. The molecular formula is C51H44N2. The SMILES string of the molecule is Cc1cccc(N(c2ccccc2)c2ccc3c(c2)C2(C4=C(C=CCC4)c4ccccc42)c2cc(N(C4=CCCC=C4)C4=CC=CC(C)C4)ccc2-3)c1. The van der Waals surface area contributed by atoms with Gasteiger partial charge in [0.05, 0.1) is 5.41 Å². The largest absolute Gasteiger partial charge is 0.315 e. The number of hydrogen-bond acceptors (Lipinski definition) is 2. The maximum absolute atomic E-state index is 2.56. The van der Waals surface area contributed by atoms with Crippen molar-refractivity contribution in [1.82, 2.24) is 0 Å². The number of para-hydroxylation sites is 1. The van der Waals surface area contributed by atoms with Gasteiger partial charge in [0.15, 0.2) is 0 Å². The molecule has 0 saturated carbocycles. The predicted octanol–water partition coefficient (Wildman–Crippen LogP) is 13.4. The number of hydrogen-bond donors (Lipinski definition) is 0. The van der Waals surface area contributed by atoms with Crippen LogP contribution in [0.3, 0.4) is 0 Å². The van der Waals surface area contributed by atoms with E-state index in [4.69, 9.17) is 0 Å². The summed E-state index contributed by atoms with van der Waals surface area (Å²) in [6.45, 7) is 4.51. The van der Waals surface area contributed by atoms with Gasteiger partial charge in [0, 0.05) is 34.1 Å². The van der Waals surface area contributed by atoms with Gasteiger partial charge in [-0.15, -0.1) is 0 Å². The van der Waals surface area contributed by atoms with E-state index in [9.17, 15) is 0 Å². The molecule has 2 unspecified atom stereocenters. The second-order valence-corrected chi connectivity index (χ2v) is 15.3. The van der Waals surface area contributed by atoms with Crippen LogP contribution in [-0.4, -0.2) is 0 Å². The Morgan fingerprint density at radius 1 is 0.604 bits per heavy atom. The zero-order valence-electron chi connectivity index (χ0n) is 30.6. The molecule has 2 nitrogen and oxygen atoms in total. The summed E-state index contributed by atoms with van der Waals surface area (Å²) in [5.74, 6) is 0.499. The normalized spacial score (nSPS) is 20.5. The average Bonchev–Trinajstić information content (AvgIpc) is 3.66. The van der Waals surface area contributed by atoms with Crippen LogP contribution in [0, 0.1) is 12.8 Å². The van der Waals surface area contributed by atoms with Crippen LogP contribution in [0.5, 0.6) is 0 Å². The molecule has 0 heterocycles. The van der Waals surface area contributed by atoms with Crippen molar-refractivity contribution in [3.63, 3.8) is 0 Å². The van der Waals surface area contributed by atoms with Crippen LogP contribution in [0.15, 0.2) is 181 Å². The van der Waals surface area contributed by atoms with E-state index in [-0.39, 0.29) is 5.41 Å². The Morgan fingerprint density at radius 2 is 1.32 bits per heavy atom. The highest BCUT2D eigenvalue weighted by molar-refractivity contribution is 5.98. The number of allylic oxidation sites excluding steroid dienone is 11. The van der Waals surface area contributed by atoms with Gasteiger partial charge < -0.3 is 9.80 Å². The summed E-state index contributed by atoms with van der Waals surface area (Å²) in [7, 11) is 0. The van der Waals surface area contributed by atoms with Crippen LogP contribution in [-0.2, 0) is 5.41 Å². The molecule has 53 heavy (non-hydrogen) atoms. The van der Waals surface area contributed by atoms with Gasteiger partial charge in [0.25, 0.3) is 0 Å². The molecule has 10 rings (SSSR count). The molecule has 0 aliphatic heterocycles. The van der Waals surface area contributed by atoms with Crippen molar-refractivity contribution in [2.24, 2.45) is 5.92 Å². The minimum Gasteiger partial charge on any atom is -0.315 e. The topological polar surface area (TPSA) is 6.48 Å². The second-order valence-electron chi connectivity index (χ2n) is 15.3. The molecule has 2 heteroatoms. The van der Waals surface area contributed by atoms with Crippen molar-refractivity contribution in [1.29, 1.82) is 0 Å². The van der Waals surface area contributed by atoms with Gasteiger partial charge in [0.1, 0.15) is 0 Å². The van der Waals surface area contributed by atoms with E-state index in [0.717, 1.165) is 37.8 Å². The molecule has 0 aromatic heterocycles. The summed E-state index contributed by atoms with van der Waals surface area (Å²) in [6, 6.07) is 43.6. The first kappa shape index (κ1) is 31.8. The van der Waals surface area contributed by atoms with Crippen molar-refractivity contribution in [2.75, 3.05) is 9.80 Å². The van der Waals surface area contributed by atoms with Crippen LogP contribution in [0.25, 0.3) is 16.7 Å². The Bertz CT molecular complexity index is 2470. The molecular weight excluding hydrogens is 641 g/mol. The summed E-state index contributed by atoms with van der Waals surface area (Å²) in [5.41, 5.74) is 19.4. The molecule has 1 spiro atoms. The van der Waals surface area contributed by atoms with E-state index >= 15 is 0 Å². The number of rotatable bonds is 6. The number of fused-ring (bicyclic) bond motifs is 9. The van der Waals surface area contributed by atoms with Crippen LogP contribution < -0.4 is 9.80 Å².